The van der Waals surface area contributed by atoms with E-state index in [1.54, 1.807) is 31.1 Å². The first kappa shape index (κ1) is 16.6. The maximum atomic E-state index is 13.6. The van der Waals surface area contributed by atoms with Gasteiger partial charge in [-0.15, -0.1) is 0 Å². The second-order valence-corrected chi connectivity index (χ2v) is 4.60. The van der Waals surface area contributed by atoms with Crippen molar-refractivity contribution < 1.29 is 19.0 Å². The number of aliphatic hydroxyl groups is 1. The Morgan fingerprint density at radius 3 is 2.70 bits per heavy atom. The Hall–Kier alpha value is -1.50. The summed E-state index contributed by atoms with van der Waals surface area (Å²) in [5.41, 5.74) is 5.48. The summed E-state index contributed by atoms with van der Waals surface area (Å²) in [6.45, 7) is 2.56. The molecule has 0 saturated carbocycles. The number of halogens is 1. The molecule has 3 N–H and O–H groups in total. The Morgan fingerprint density at radius 1 is 1.50 bits per heavy atom. The van der Waals surface area contributed by atoms with Crippen LogP contribution in [-0.2, 0) is 9.53 Å². The van der Waals surface area contributed by atoms with E-state index >= 15 is 0 Å². The third-order valence-electron chi connectivity index (χ3n) is 3.21. The van der Waals surface area contributed by atoms with Crippen LogP contribution in [0.4, 0.5) is 4.39 Å². The average Bonchev–Trinajstić information content (AvgIpc) is 2.42. The summed E-state index contributed by atoms with van der Waals surface area (Å²) < 4.78 is 18.6. The Morgan fingerprint density at radius 2 is 2.15 bits per heavy atom. The number of aliphatic hydroxyl groups excluding tert-OH is 1. The lowest BCUT2D eigenvalue weighted by Gasteiger charge is -2.29. The van der Waals surface area contributed by atoms with Crippen molar-refractivity contribution in [3.63, 3.8) is 0 Å². The Bertz CT molecular complexity index is 442. The largest absolute Gasteiger partial charge is 0.387 e. The number of hydrogen-bond acceptors (Lipinski definition) is 4. The number of hydrogen-bond donors (Lipinski definition) is 2. The SMILES string of the molecule is COCCN(CC(O)c1ccccc1F)C(C)C(N)=O. The lowest BCUT2D eigenvalue weighted by Crippen LogP contribution is -2.46. The number of carbonyl (C=O) groups is 1. The summed E-state index contributed by atoms with van der Waals surface area (Å²) in [6, 6.07) is 5.45. The highest BCUT2D eigenvalue weighted by Crippen LogP contribution is 2.18. The first-order valence-electron chi connectivity index (χ1n) is 6.42. The van der Waals surface area contributed by atoms with Crippen LogP contribution in [0.3, 0.4) is 0 Å². The lowest BCUT2D eigenvalue weighted by molar-refractivity contribution is -0.123. The molecule has 0 fully saturated rings. The van der Waals surface area contributed by atoms with Gasteiger partial charge in [0.1, 0.15) is 5.82 Å². The summed E-state index contributed by atoms with van der Waals surface area (Å²) in [4.78, 5) is 12.9. The molecule has 1 amide bonds. The second kappa shape index (κ2) is 7.94. The van der Waals surface area contributed by atoms with Crippen LogP contribution in [0, 0.1) is 5.82 Å². The first-order valence-corrected chi connectivity index (χ1v) is 6.42. The van der Waals surface area contributed by atoms with Gasteiger partial charge in [0.05, 0.1) is 18.8 Å². The van der Waals surface area contributed by atoms with Gasteiger partial charge in [-0.1, -0.05) is 18.2 Å². The van der Waals surface area contributed by atoms with E-state index in [9.17, 15) is 14.3 Å². The number of nitrogens with zero attached hydrogens (tertiary/aromatic N) is 1. The summed E-state index contributed by atoms with van der Waals surface area (Å²) in [7, 11) is 1.54. The monoisotopic (exact) mass is 284 g/mol. The molecule has 0 radical (unpaired) electrons. The highest BCUT2D eigenvalue weighted by Gasteiger charge is 2.23. The maximum Gasteiger partial charge on any atom is 0.234 e. The van der Waals surface area contributed by atoms with Crippen molar-refractivity contribution in [3.05, 3.63) is 35.6 Å². The van der Waals surface area contributed by atoms with Crippen molar-refractivity contribution in [2.75, 3.05) is 26.8 Å². The Balaban J connectivity index is 2.78. The molecular weight excluding hydrogens is 263 g/mol. The molecule has 2 atom stereocenters. The molecule has 1 aromatic rings. The Kier molecular flexibility index (Phi) is 6.57. The van der Waals surface area contributed by atoms with E-state index in [-0.39, 0.29) is 12.1 Å². The number of benzene rings is 1. The molecule has 0 bridgehead atoms. The Labute approximate surface area is 118 Å². The van der Waals surface area contributed by atoms with Crippen molar-refractivity contribution in [2.24, 2.45) is 5.73 Å². The molecular formula is C14H21FN2O3. The fourth-order valence-electron chi connectivity index (χ4n) is 1.90. The molecule has 0 aliphatic rings. The van der Waals surface area contributed by atoms with E-state index in [1.807, 2.05) is 0 Å². The number of rotatable bonds is 8. The standard InChI is InChI=1S/C14H21FN2O3/c1-10(14(16)19)17(7-8-20-2)9-13(18)11-5-3-4-6-12(11)15/h3-6,10,13,18H,7-9H2,1-2H3,(H2,16,19). The molecule has 20 heavy (non-hydrogen) atoms. The molecule has 0 aliphatic heterocycles. The second-order valence-electron chi connectivity index (χ2n) is 4.60. The highest BCUT2D eigenvalue weighted by atomic mass is 19.1. The van der Waals surface area contributed by atoms with Gasteiger partial charge in [0.2, 0.25) is 5.91 Å². The third-order valence-corrected chi connectivity index (χ3v) is 3.21. The van der Waals surface area contributed by atoms with Gasteiger partial charge < -0.3 is 15.6 Å². The van der Waals surface area contributed by atoms with Crippen LogP contribution in [0.1, 0.15) is 18.6 Å². The van der Waals surface area contributed by atoms with Crippen LogP contribution in [0.15, 0.2) is 24.3 Å². The van der Waals surface area contributed by atoms with Crippen molar-refractivity contribution in [1.29, 1.82) is 0 Å². The zero-order valence-electron chi connectivity index (χ0n) is 11.8. The molecule has 6 heteroatoms. The predicted octanol–water partition coefficient (Wildman–Crippen LogP) is 0.681. The zero-order chi connectivity index (χ0) is 15.1. The number of amides is 1. The van der Waals surface area contributed by atoms with E-state index in [2.05, 4.69) is 0 Å². The van der Waals surface area contributed by atoms with Gasteiger partial charge in [-0.2, -0.15) is 0 Å². The van der Waals surface area contributed by atoms with Gasteiger partial charge in [-0.3, -0.25) is 9.69 Å². The summed E-state index contributed by atoms with van der Waals surface area (Å²) in [5, 5.41) is 10.1. The number of primary amides is 1. The molecule has 0 aromatic heterocycles. The van der Waals surface area contributed by atoms with Crippen molar-refractivity contribution in [1.82, 2.24) is 4.90 Å². The van der Waals surface area contributed by atoms with E-state index in [4.69, 9.17) is 10.5 Å². The quantitative estimate of drug-likeness (QED) is 0.736. The number of nitrogens with two attached hydrogens (primary N) is 1. The summed E-state index contributed by atoms with van der Waals surface area (Å²) >= 11 is 0. The van der Waals surface area contributed by atoms with E-state index in [0.29, 0.717) is 13.2 Å². The van der Waals surface area contributed by atoms with Gasteiger partial charge in [-0.25, -0.2) is 4.39 Å². The number of carbonyl (C=O) groups excluding carboxylic acids is 1. The van der Waals surface area contributed by atoms with Gasteiger partial charge in [0, 0.05) is 25.8 Å². The molecule has 1 aromatic carbocycles. The van der Waals surface area contributed by atoms with Crippen LogP contribution in [0.25, 0.3) is 0 Å². The maximum absolute atomic E-state index is 13.6. The smallest absolute Gasteiger partial charge is 0.234 e. The van der Waals surface area contributed by atoms with Gasteiger partial charge in [-0.05, 0) is 13.0 Å². The normalized spacial score (nSPS) is 14.2. The van der Waals surface area contributed by atoms with Crippen LogP contribution in [-0.4, -0.2) is 48.8 Å². The minimum Gasteiger partial charge on any atom is -0.387 e. The highest BCUT2D eigenvalue weighted by molar-refractivity contribution is 5.79. The minimum atomic E-state index is -1.03. The summed E-state index contributed by atoms with van der Waals surface area (Å²) in [6.07, 6.45) is -1.03. The third kappa shape index (κ3) is 4.56. The van der Waals surface area contributed by atoms with Crippen molar-refractivity contribution in [3.8, 4) is 0 Å². The van der Waals surface area contributed by atoms with Crippen LogP contribution < -0.4 is 5.73 Å². The molecule has 0 heterocycles. The van der Waals surface area contributed by atoms with Gasteiger partial charge in [0.25, 0.3) is 0 Å². The van der Waals surface area contributed by atoms with E-state index < -0.39 is 23.9 Å². The molecule has 2 unspecified atom stereocenters. The number of ether oxygens (including phenoxy) is 1. The zero-order valence-corrected chi connectivity index (χ0v) is 11.8. The number of methoxy groups -OCH3 is 1. The molecule has 0 aliphatic carbocycles. The van der Waals surface area contributed by atoms with Crippen LogP contribution >= 0.6 is 0 Å². The fourth-order valence-corrected chi connectivity index (χ4v) is 1.90. The van der Waals surface area contributed by atoms with Crippen LogP contribution in [0.5, 0.6) is 0 Å². The molecule has 1 rings (SSSR count). The average molecular weight is 284 g/mol. The first-order chi connectivity index (χ1) is 9.47. The van der Waals surface area contributed by atoms with Crippen molar-refractivity contribution in [2.45, 2.75) is 19.1 Å². The minimum absolute atomic E-state index is 0.106. The van der Waals surface area contributed by atoms with Crippen LogP contribution in [0.2, 0.25) is 0 Å². The van der Waals surface area contributed by atoms with Gasteiger partial charge >= 0.3 is 0 Å². The van der Waals surface area contributed by atoms with Gasteiger partial charge in [0.15, 0.2) is 0 Å². The molecule has 0 saturated heterocycles. The predicted molar refractivity (Wildman–Crippen MR) is 73.5 cm³/mol. The fraction of sp³-hybridized carbons (Fsp3) is 0.500. The lowest BCUT2D eigenvalue weighted by atomic mass is 10.1. The molecule has 0 spiro atoms. The topological polar surface area (TPSA) is 75.8 Å². The van der Waals surface area contributed by atoms with Crippen molar-refractivity contribution >= 4 is 5.91 Å². The van der Waals surface area contributed by atoms with E-state index in [0.717, 1.165) is 0 Å². The summed E-state index contributed by atoms with van der Waals surface area (Å²) in [5.74, 6) is -0.972. The molecule has 112 valence electrons. The molecule has 5 nitrogen and oxygen atoms in total. The van der Waals surface area contributed by atoms with E-state index in [1.165, 1.54) is 12.1 Å².